The van der Waals surface area contributed by atoms with Gasteiger partial charge in [0.05, 0.1) is 0 Å². The summed E-state index contributed by atoms with van der Waals surface area (Å²) < 4.78 is 35.8. The molecule has 0 aliphatic heterocycles. The van der Waals surface area contributed by atoms with Gasteiger partial charge in [0.15, 0.2) is 0 Å². The first-order chi connectivity index (χ1) is 9.07. The van der Waals surface area contributed by atoms with Crippen molar-refractivity contribution in [2.75, 3.05) is 0 Å². The number of carbonyl (C=O) groups is 1. The first-order valence-electron chi connectivity index (χ1n) is 6.21. The van der Waals surface area contributed by atoms with E-state index in [0.29, 0.717) is 0 Å². The molecule has 0 aromatic heterocycles. The Morgan fingerprint density at radius 1 is 1.40 bits per heavy atom. The zero-order valence-corrected chi connectivity index (χ0v) is 12.6. The topological polar surface area (TPSA) is 89.3 Å². The number of primary sulfonamides is 1. The molecule has 0 fully saturated rings. The van der Waals surface area contributed by atoms with Crippen molar-refractivity contribution in [2.45, 2.75) is 44.0 Å². The van der Waals surface area contributed by atoms with E-state index in [0.717, 1.165) is 25.0 Å². The highest BCUT2D eigenvalue weighted by Crippen LogP contribution is 2.17. The second kappa shape index (κ2) is 5.88. The highest BCUT2D eigenvalue weighted by atomic mass is 32.2. The third kappa shape index (κ3) is 4.28. The van der Waals surface area contributed by atoms with Gasteiger partial charge in [-0.1, -0.05) is 13.3 Å². The summed E-state index contributed by atoms with van der Waals surface area (Å²) in [7, 11) is -4.20. The van der Waals surface area contributed by atoms with Crippen LogP contribution in [0.25, 0.3) is 0 Å². The Bertz CT molecular complexity index is 612. The Labute approximate surface area is 118 Å². The molecule has 112 valence electrons. The molecule has 0 spiro atoms. The lowest BCUT2D eigenvalue weighted by Gasteiger charge is -2.25. The minimum atomic E-state index is -4.20. The highest BCUT2D eigenvalue weighted by molar-refractivity contribution is 7.89. The van der Waals surface area contributed by atoms with Crippen LogP contribution in [0.4, 0.5) is 4.39 Å². The number of halogens is 1. The third-order valence-corrected chi connectivity index (χ3v) is 3.75. The predicted octanol–water partition coefficient (Wildman–Crippen LogP) is 1.78. The van der Waals surface area contributed by atoms with Gasteiger partial charge < -0.3 is 5.32 Å². The molecule has 1 aromatic rings. The van der Waals surface area contributed by atoms with Gasteiger partial charge in [-0.25, -0.2) is 17.9 Å². The van der Waals surface area contributed by atoms with Crippen molar-refractivity contribution in [1.82, 2.24) is 5.32 Å². The fourth-order valence-electron chi connectivity index (χ4n) is 1.93. The van der Waals surface area contributed by atoms with E-state index in [1.807, 2.05) is 20.8 Å². The summed E-state index contributed by atoms with van der Waals surface area (Å²) in [6, 6.07) is 3.09. The molecule has 0 saturated carbocycles. The Balaban J connectivity index is 3.07. The van der Waals surface area contributed by atoms with Gasteiger partial charge in [0.1, 0.15) is 10.7 Å². The second-order valence-corrected chi connectivity index (χ2v) is 6.81. The number of amides is 1. The average Bonchev–Trinajstić information content (AvgIpc) is 2.26. The normalized spacial score (nSPS) is 12.2. The molecular weight excluding hydrogens is 283 g/mol. The van der Waals surface area contributed by atoms with E-state index in [9.17, 15) is 17.6 Å². The molecule has 0 bridgehead atoms. The monoisotopic (exact) mass is 302 g/mol. The molecule has 0 saturated heterocycles. The summed E-state index contributed by atoms with van der Waals surface area (Å²) in [5, 5.41) is 7.68. The average molecular weight is 302 g/mol. The zero-order valence-electron chi connectivity index (χ0n) is 11.7. The molecule has 5 nitrogen and oxygen atoms in total. The molecule has 0 unspecified atom stereocenters. The number of hydrogen-bond acceptors (Lipinski definition) is 3. The van der Waals surface area contributed by atoms with Gasteiger partial charge in [0.25, 0.3) is 5.91 Å². The highest BCUT2D eigenvalue weighted by Gasteiger charge is 2.22. The van der Waals surface area contributed by atoms with Crippen molar-refractivity contribution in [3.63, 3.8) is 0 Å². The Hall–Kier alpha value is -1.47. The molecule has 0 aliphatic rings. The van der Waals surface area contributed by atoms with Crippen LogP contribution in [-0.4, -0.2) is 19.9 Å². The maximum atomic E-state index is 13.4. The Morgan fingerprint density at radius 3 is 2.50 bits per heavy atom. The van der Waals surface area contributed by atoms with E-state index in [2.05, 4.69) is 5.32 Å². The summed E-state index contributed by atoms with van der Waals surface area (Å²) in [4.78, 5) is 11.4. The van der Waals surface area contributed by atoms with Crippen molar-refractivity contribution >= 4 is 15.9 Å². The molecule has 0 atom stereocenters. The fraction of sp³-hybridized carbons (Fsp3) is 0.462. The van der Waals surface area contributed by atoms with E-state index in [-0.39, 0.29) is 5.56 Å². The molecule has 1 aromatic carbocycles. The molecule has 7 heteroatoms. The predicted molar refractivity (Wildman–Crippen MR) is 74.2 cm³/mol. The molecular formula is C13H19FN2O3S. The maximum Gasteiger partial charge on any atom is 0.251 e. The summed E-state index contributed by atoms with van der Waals surface area (Å²) in [6.07, 6.45) is 1.65. The van der Waals surface area contributed by atoms with Crippen LogP contribution >= 0.6 is 0 Å². The Morgan fingerprint density at radius 2 is 2.00 bits per heavy atom. The number of sulfonamides is 1. The summed E-state index contributed by atoms with van der Waals surface area (Å²) in [6.45, 7) is 5.71. The van der Waals surface area contributed by atoms with E-state index in [1.54, 1.807) is 0 Å². The van der Waals surface area contributed by atoms with Crippen LogP contribution in [-0.2, 0) is 10.0 Å². The van der Waals surface area contributed by atoms with Gasteiger partial charge in [-0.2, -0.15) is 0 Å². The van der Waals surface area contributed by atoms with Crippen molar-refractivity contribution in [3.05, 3.63) is 29.6 Å². The minimum absolute atomic E-state index is 0.0552. The van der Waals surface area contributed by atoms with Crippen LogP contribution in [0, 0.1) is 5.82 Å². The largest absolute Gasteiger partial charge is 0.347 e. The molecule has 0 heterocycles. The standard InChI is InChI=1S/C13H19FN2O3S/c1-4-7-13(2,3)16-12(17)9-5-6-10(14)11(8-9)20(15,18)19/h5-6,8H,4,7H2,1-3H3,(H,16,17)(H2,15,18,19). The smallest absolute Gasteiger partial charge is 0.251 e. The van der Waals surface area contributed by atoms with Crippen LogP contribution < -0.4 is 10.5 Å². The van der Waals surface area contributed by atoms with Gasteiger partial charge >= 0.3 is 0 Å². The fourth-order valence-corrected chi connectivity index (χ4v) is 2.56. The Kier molecular flexibility index (Phi) is 4.88. The lowest BCUT2D eigenvalue weighted by Crippen LogP contribution is -2.43. The SMILES string of the molecule is CCCC(C)(C)NC(=O)c1ccc(F)c(S(N)(=O)=O)c1. The molecule has 0 aliphatic carbocycles. The van der Waals surface area contributed by atoms with Gasteiger partial charge in [0, 0.05) is 11.1 Å². The van der Waals surface area contributed by atoms with E-state index < -0.39 is 32.2 Å². The van der Waals surface area contributed by atoms with Crippen LogP contribution in [0.5, 0.6) is 0 Å². The van der Waals surface area contributed by atoms with Gasteiger partial charge in [-0.15, -0.1) is 0 Å². The lowest BCUT2D eigenvalue weighted by atomic mass is 9.98. The summed E-state index contributed by atoms with van der Waals surface area (Å²) >= 11 is 0. The van der Waals surface area contributed by atoms with Gasteiger partial charge in [0.2, 0.25) is 10.0 Å². The third-order valence-electron chi connectivity index (χ3n) is 2.83. The van der Waals surface area contributed by atoms with Crippen molar-refractivity contribution in [3.8, 4) is 0 Å². The zero-order chi connectivity index (χ0) is 15.6. The van der Waals surface area contributed by atoms with Crippen molar-refractivity contribution < 1.29 is 17.6 Å². The number of hydrogen-bond donors (Lipinski definition) is 2. The molecule has 1 amide bonds. The lowest BCUT2D eigenvalue weighted by molar-refractivity contribution is 0.0908. The molecule has 3 N–H and O–H groups in total. The quantitative estimate of drug-likeness (QED) is 0.869. The molecule has 20 heavy (non-hydrogen) atoms. The van der Waals surface area contributed by atoms with Crippen LogP contribution in [0.2, 0.25) is 0 Å². The van der Waals surface area contributed by atoms with E-state index >= 15 is 0 Å². The van der Waals surface area contributed by atoms with Gasteiger partial charge in [-0.3, -0.25) is 4.79 Å². The summed E-state index contributed by atoms with van der Waals surface area (Å²) in [5.41, 5.74) is -0.373. The molecule has 1 rings (SSSR count). The second-order valence-electron chi connectivity index (χ2n) is 5.28. The number of benzene rings is 1. The van der Waals surface area contributed by atoms with E-state index in [1.165, 1.54) is 6.07 Å². The number of nitrogens with two attached hydrogens (primary N) is 1. The van der Waals surface area contributed by atoms with Crippen molar-refractivity contribution in [1.29, 1.82) is 0 Å². The maximum absolute atomic E-state index is 13.4. The first kappa shape index (κ1) is 16.6. The van der Waals surface area contributed by atoms with Crippen LogP contribution in [0.15, 0.2) is 23.1 Å². The number of nitrogens with one attached hydrogen (secondary N) is 1. The van der Waals surface area contributed by atoms with Gasteiger partial charge in [-0.05, 0) is 38.5 Å². The summed E-state index contributed by atoms with van der Waals surface area (Å²) in [5.74, 6) is -1.44. The molecule has 0 radical (unpaired) electrons. The first-order valence-corrected chi connectivity index (χ1v) is 7.76. The van der Waals surface area contributed by atoms with Crippen LogP contribution in [0.1, 0.15) is 44.0 Å². The number of rotatable bonds is 5. The minimum Gasteiger partial charge on any atom is -0.347 e. The van der Waals surface area contributed by atoms with E-state index in [4.69, 9.17) is 5.14 Å². The number of carbonyl (C=O) groups excluding carboxylic acids is 1. The van der Waals surface area contributed by atoms with Crippen molar-refractivity contribution in [2.24, 2.45) is 5.14 Å². The van der Waals surface area contributed by atoms with Crippen LogP contribution in [0.3, 0.4) is 0 Å².